The van der Waals surface area contributed by atoms with Crippen LogP contribution in [-0.2, 0) is 22.3 Å². The van der Waals surface area contributed by atoms with Crippen molar-refractivity contribution in [2.45, 2.75) is 25.7 Å². The summed E-state index contributed by atoms with van der Waals surface area (Å²) in [5.41, 5.74) is -0.219. The summed E-state index contributed by atoms with van der Waals surface area (Å²) in [4.78, 5) is 15.1. The zero-order valence-corrected chi connectivity index (χ0v) is 14.4. The number of carbonyl (C=O) groups is 1. The Hall–Kier alpha value is -1.87. The third-order valence-corrected chi connectivity index (χ3v) is 4.66. The fourth-order valence-electron chi connectivity index (χ4n) is 2.96. The minimum absolute atomic E-state index is 0.0242. The van der Waals surface area contributed by atoms with Crippen molar-refractivity contribution in [1.82, 2.24) is 10.2 Å². The predicted octanol–water partition coefficient (Wildman–Crippen LogP) is 2.15. The van der Waals surface area contributed by atoms with E-state index in [4.69, 9.17) is 17.0 Å². The number of carbonyl (C=O) groups excluding carboxylic acids is 1. The molecule has 2 saturated heterocycles. The molecule has 0 aromatic heterocycles. The van der Waals surface area contributed by atoms with Gasteiger partial charge in [-0.1, -0.05) is 6.07 Å². The largest absolute Gasteiger partial charge is 0.416 e. The van der Waals surface area contributed by atoms with Crippen LogP contribution < -0.4 is 10.2 Å². The van der Waals surface area contributed by atoms with E-state index < -0.39 is 17.8 Å². The van der Waals surface area contributed by atoms with Gasteiger partial charge in [-0.2, -0.15) is 13.2 Å². The van der Waals surface area contributed by atoms with E-state index in [2.05, 4.69) is 5.32 Å². The molecular formula is C16H18F3N3O2S. The SMILES string of the molecule is CC1NC(=S)N(Cc2ccc(N3CCOCC3)cc2C(F)(F)F)C1=O. The lowest BCUT2D eigenvalue weighted by Gasteiger charge is -2.30. The summed E-state index contributed by atoms with van der Waals surface area (Å²) >= 11 is 5.05. The van der Waals surface area contributed by atoms with Crippen LogP contribution in [0.3, 0.4) is 0 Å². The summed E-state index contributed by atoms with van der Waals surface area (Å²) in [5.74, 6) is -0.324. The zero-order valence-electron chi connectivity index (χ0n) is 13.6. The third-order valence-electron chi connectivity index (χ3n) is 4.33. The lowest BCUT2D eigenvalue weighted by molar-refractivity contribution is -0.139. The van der Waals surface area contributed by atoms with Gasteiger partial charge in [-0.05, 0) is 36.8 Å². The number of rotatable bonds is 3. The van der Waals surface area contributed by atoms with Crippen molar-refractivity contribution in [3.63, 3.8) is 0 Å². The molecule has 25 heavy (non-hydrogen) atoms. The highest BCUT2D eigenvalue weighted by molar-refractivity contribution is 7.80. The molecule has 2 aliphatic rings. The second-order valence-corrected chi connectivity index (χ2v) is 6.42. The van der Waals surface area contributed by atoms with Gasteiger partial charge in [0.25, 0.3) is 5.91 Å². The van der Waals surface area contributed by atoms with Crippen LogP contribution in [0.25, 0.3) is 0 Å². The van der Waals surface area contributed by atoms with E-state index in [1.165, 1.54) is 11.0 Å². The molecule has 0 saturated carbocycles. The number of thiocarbonyl (C=S) groups is 1. The van der Waals surface area contributed by atoms with E-state index in [0.717, 1.165) is 6.07 Å². The van der Waals surface area contributed by atoms with E-state index >= 15 is 0 Å². The number of halogens is 3. The van der Waals surface area contributed by atoms with E-state index in [0.29, 0.717) is 32.0 Å². The minimum Gasteiger partial charge on any atom is -0.378 e. The fraction of sp³-hybridized carbons (Fsp3) is 0.500. The number of alkyl halides is 3. The van der Waals surface area contributed by atoms with Crippen molar-refractivity contribution >= 4 is 28.9 Å². The van der Waals surface area contributed by atoms with Crippen LogP contribution >= 0.6 is 12.2 Å². The molecule has 1 aromatic rings. The van der Waals surface area contributed by atoms with Crippen LogP contribution in [-0.4, -0.2) is 48.3 Å². The number of amides is 1. The fourth-order valence-corrected chi connectivity index (χ4v) is 3.29. The maximum absolute atomic E-state index is 13.5. The molecule has 0 radical (unpaired) electrons. The highest BCUT2D eigenvalue weighted by Gasteiger charge is 2.37. The second kappa shape index (κ2) is 6.80. The summed E-state index contributed by atoms with van der Waals surface area (Å²) in [6.45, 7) is 3.50. The van der Waals surface area contributed by atoms with Crippen LogP contribution in [0.15, 0.2) is 18.2 Å². The Labute approximate surface area is 148 Å². The van der Waals surface area contributed by atoms with Gasteiger partial charge in [-0.3, -0.25) is 9.69 Å². The molecular weight excluding hydrogens is 355 g/mol. The van der Waals surface area contributed by atoms with Gasteiger partial charge in [-0.15, -0.1) is 0 Å². The topological polar surface area (TPSA) is 44.8 Å². The summed E-state index contributed by atoms with van der Waals surface area (Å²) in [6, 6.07) is 3.69. The normalized spacial score (nSPS) is 21.7. The first-order valence-electron chi connectivity index (χ1n) is 7.92. The number of hydrogen-bond donors (Lipinski definition) is 1. The Balaban J connectivity index is 1.90. The number of anilines is 1. The van der Waals surface area contributed by atoms with Crippen molar-refractivity contribution in [2.24, 2.45) is 0 Å². The molecule has 5 nitrogen and oxygen atoms in total. The smallest absolute Gasteiger partial charge is 0.378 e. The zero-order chi connectivity index (χ0) is 18.2. The minimum atomic E-state index is -4.51. The lowest BCUT2D eigenvalue weighted by atomic mass is 10.0. The number of nitrogens with zero attached hydrogens (tertiary/aromatic N) is 2. The summed E-state index contributed by atoms with van der Waals surface area (Å²) in [6.07, 6.45) is -4.51. The molecule has 9 heteroatoms. The standard InChI is InChI=1S/C16H18F3N3O2S/c1-10-14(23)22(15(25)20-10)9-11-2-3-12(8-13(11)16(17,18)19)21-4-6-24-7-5-21/h2-3,8,10H,4-7,9H2,1H3,(H,20,25). The molecule has 0 spiro atoms. The quantitative estimate of drug-likeness (QED) is 0.823. The second-order valence-electron chi connectivity index (χ2n) is 6.03. The number of ether oxygens (including phenoxy) is 1. The van der Waals surface area contributed by atoms with Crippen LogP contribution in [0.2, 0.25) is 0 Å². The maximum Gasteiger partial charge on any atom is 0.416 e. The van der Waals surface area contributed by atoms with E-state index in [9.17, 15) is 18.0 Å². The molecule has 0 bridgehead atoms. The Morgan fingerprint density at radius 3 is 2.56 bits per heavy atom. The average molecular weight is 373 g/mol. The van der Waals surface area contributed by atoms with Gasteiger partial charge < -0.3 is 15.0 Å². The van der Waals surface area contributed by atoms with Gasteiger partial charge in [-0.25, -0.2) is 0 Å². The van der Waals surface area contributed by atoms with Crippen molar-refractivity contribution < 1.29 is 22.7 Å². The highest BCUT2D eigenvalue weighted by atomic mass is 32.1. The van der Waals surface area contributed by atoms with Gasteiger partial charge in [0.05, 0.1) is 25.3 Å². The van der Waals surface area contributed by atoms with Gasteiger partial charge >= 0.3 is 6.18 Å². The number of benzene rings is 1. The Bertz CT molecular complexity index is 690. The molecule has 1 N–H and O–H groups in total. The van der Waals surface area contributed by atoms with E-state index in [-0.39, 0.29) is 23.1 Å². The summed E-state index contributed by atoms with van der Waals surface area (Å²) in [5, 5.41) is 2.92. The molecule has 1 unspecified atom stereocenters. The molecule has 3 rings (SSSR count). The highest BCUT2D eigenvalue weighted by Crippen LogP contribution is 2.35. The van der Waals surface area contributed by atoms with Gasteiger partial charge in [0.15, 0.2) is 5.11 Å². The first kappa shape index (κ1) is 17.9. The van der Waals surface area contributed by atoms with Crippen LogP contribution in [0.1, 0.15) is 18.1 Å². The first-order valence-corrected chi connectivity index (χ1v) is 8.33. The van der Waals surface area contributed by atoms with Crippen molar-refractivity contribution in [2.75, 3.05) is 31.2 Å². The average Bonchev–Trinajstić information content (AvgIpc) is 2.81. The molecule has 1 amide bonds. The molecule has 1 aromatic carbocycles. The molecule has 2 fully saturated rings. The summed E-state index contributed by atoms with van der Waals surface area (Å²) < 4.78 is 45.9. The first-order chi connectivity index (χ1) is 11.8. The molecule has 136 valence electrons. The molecule has 2 aliphatic heterocycles. The monoisotopic (exact) mass is 373 g/mol. The van der Waals surface area contributed by atoms with E-state index in [1.807, 2.05) is 4.90 Å². The molecule has 0 aliphatic carbocycles. The molecule has 1 atom stereocenters. The third kappa shape index (κ3) is 3.72. The summed E-state index contributed by atoms with van der Waals surface area (Å²) in [7, 11) is 0. The Morgan fingerprint density at radius 1 is 1.32 bits per heavy atom. The van der Waals surface area contributed by atoms with Crippen molar-refractivity contribution in [3.8, 4) is 0 Å². The van der Waals surface area contributed by atoms with Crippen molar-refractivity contribution in [1.29, 1.82) is 0 Å². The van der Waals surface area contributed by atoms with Crippen LogP contribution in [0, 0.1) is 0 Å². The Kier molecular flexibility index (Phi) is 4.88. The van der Waals surface area contributed by atoms with Crippen molar-refractivity contribution in [3.05, 3.63) is 29.3 Å². The molecule has 2 heterocycles. The number of hydrogen-bond acceptors (Lipinski definition) is 4. The van der Waals surface area contributed by atoms with Crippen LogP contribution in [0.4, 0.5) is 18.9 Å². The van der Waals surface area contributed by atoms with Gasteiger partial charge in [0, 0.05) is 18.8 Å². The predicted molar refractivity (Wildman–Crippen MR) is 90.2 cm³/mol. The Morgan fingerprint density at radius 2 is 2.00 bits per heavy atom. The lowest BCUT2D eigenvalue weighted by Crippen LogP contribution is -2.36. The van der Waals surface area contributed by atoms with Gasteiger partial charge in [0.1, 0.15) is 6.04 Å². The number of nitrogens with one attached hydrogen (secondary N) is 1. The van der Waals surface area contributed by atoms with E-state index in [1.54, 1.807) is 13.0 Å². The van der Waals surface area contributed by atoms with Gasteiger partial charge in [0.2, 0.25) is 0 Å². The number of morpholine rings is 1. The van der Waals surface area contributed by atoms with Crippen LogP contribution in [0.5, 0.6) is 0 Å². The maximum atomic E-state index is 13.5.